The normalized spacial score (nSPS) is 31.2. The number of hydrogen-bond acceptors (Lipinski definition) is 1. The summed E-state index contributed by atoms with van der Waals surface area (Å²) in [5.74, 6) is 0. The molecule has 2 N–H and O–H groups in total. The summed E-state index contributed by atoms with van der Waals surface area (Å²) in [5.41, 5.74) is 5.84. The Morgan fingerprint density at radius 2 is 1.73 bits per heavy atom. The van der Waals surface area contributed by atoms with Gasteiger partial charge < -0.3 is 5.73 Å². The fraction of sp³-hybridized carbons (Fsp3) is 0.800. The van der Waals surface area contributed by atoms with Crippen LogP contribution in [0, 0.1) is 0 Å². The summed E-state index contributed by atoms with van der Waals surface area (Å²) < 4.78 is 0. The van der Waals surface area contributed by atoms with Crippen molar-refractivity contribution < 1.29 is 0 Å². The minimum atomic E-state index is 0.327. The van der Waals surface area contributed by atoms with E-state index in [0.717, 1.165) is 0 Å². The van der Waals surface area contributed by atoms with E-state index in [0.29, 0.717) is 6.04 Å². The second kappa shape index (κ2) is 5.36. The highest BCUT2D eigenvalue weighted by Crippen LogP contribution is 2.11. The molecule has 1 rings (SSSR count). The third-order valence-corrected chi connectivity index (χ3v) is 2.29. The Bertz CT molecular complexity index is 118. The molecular weight excluding hydrogens is 134 g/mol. The molecule has 0 fully saturated rings. The number of allylic oxidation sites excluding steroid dienone is 1. The smallest absolute Gasteiger partial charge is 0.0223 e. The van der Waals surface area contributed by atoms with Gasteiger partial charge in [0.1, 0.15) is 0 Å². The molecule has 0 saturated heterocycles. The Hall–Kier alpha value is -0.300. The van der Waals surface area contributed by atoms with Gasteiger partial charge in [0.2, 0.25) is 0 Å². The minimum absolute atomic E-state index is 0.327. The summed E-state index contributed by atoms with van der Waals surface area (Å²) in [6.07, 6.45) is 13.7. The van der Waals surface area contributed by atoms with E-state index in [9.17, 15) is 0 Å². The first kappa shape index (κ1) is 8.79. The van der Waals surface area contributed by atoms with Gasteiger partial charge in [-0.2, -0.15) is 0 Å². The van der Waals surface area contributed by atoms with Crippen molar-refractivity contribution in [3.8, 4) is 0 Å². The second-order valence-electron chi connectivity index (χ2n) is 3.44. The fourth-order valence-corrected chi connectivity index (χ4v) is 1.54. The molecule has 0 heterocycles. The second-order valence-corrected chi connectivity index (χ2v) is 3.44. The molecule has 0 spiro atoms. The van der Waals surface area contributed by atoms with Crippen molar-refractivity contribution in [2.24, 2.45) is 5.73 Å². The summed E-state index contributed by atoms with van der Waals surface area (Å²) in [5, 5.41) is 0. The molecule has 0 aromatic carbocycles. The lowest BCUT2D eigenvalue weighted by atomic mass is 10.0. The number of nitrogens with two attached hydrogens (primary N) is 1. The maximum Gasteiger partial charge on any atom is 0.0223 e. The average molecular weight is 153 g/mol. The Balaban J connectivity index is 2.26. The zero-order valence-corrected chi connectivity index (χ0v) is 7.26. The SMILES string of the molecule is NC1/C=C\CCCCCCC1. The van der Waals surface area contributed by atoms with Gasteiger partial charge in [-0.3, -0.25) is 0 Å². The molecule has 0 aromatic rings. The Kier molecular flexibility index (Phi) is 4.29. The van der Waals surface area contributed by atoms with E-state index in [1.54, 1.807) is 0 Å². The van der Waals surface area contributed by atoms with E-state index in [2.05, 4.69) is 12.2 Å². The van der Waals surface area contributed by atoms with Gasteiger partial charge in [-0.05, 0) is 19.3 Å². The van der Waals surface area contributed by atoms with Crippen LogP contribution in [0.3, 0.4) is 0 Å². The molecule has 0 amide bonds. The molecule has 11 heavy (non-hydrogen) atoms. The standard InChI is InChI=1S/C10H19N/c11-10-8-6-4-2-1-3-5-7-9-10/h6,8,10H,1-5,7,9,11H2/b8-6-. The molecule has 0 radical (unpaired) electrons. The summed E-state index contributed by atoms with van der Waals surface area (Å²) in [4.78, 5) is 0. The lowest BCUT2D eigenvalue weighted by Crippen LogP contribution is -2.16. The molecule has 1 aliphatic rings. The van der Waals surface area contributed by atoms with Gasteiger partial charge in [0.15, 0.2) is 0 Å². The van der Waals surface area contributed by atoms with Crippen molar-refractivity contribution in [3.05, 3.63) is 12.2 Å². The Labute approximate surface area is 69.7 Å². The highest BCUT2D eigenvalue weighted by molar-refractivity contribution is 4.91. The molecule has 1 heteroatoms. The highest BCUT2D eigenvalue weighted by atomic mass is 14.6. The molecular formula is C10H19N. The summed E-state index contributed by atoms with van der Waals surface area (Å²) in [6.45, 7) is 0. The van der Waals surface area contributed by atoms with Crippen LogP contribution in [0.2, 0.25) is 0 Å². The van der Waals surface area contributed by atoms with E-state index < -0.39 is 0 Å². The van der Waals surface area contributed by atoms with Gasteiger partial charge in [-0.1, -0.05) is 37.8 Å². The van der Waals surface area contributed by atoms with Crippen LogP contribution >= 0.6 is 0 Å². The zero-order valence-electron chi connectivity index (χ0n) is 7.26. The number of rotatable bonds is 0. The minimum Gasteiger partial charge on any atom is -0.324 e. The molecule has 1 unspecified atom stereocenters. The monoisotopic (exact) mass is 153 g/mol. The molecule has 1 nitrogen and oxygen atoms in total. The lowest BCUT2D eigenvalue weighted by molar-refractivity contribution is 0.566. The van der Waals surface area contributed by atoms with Gasteiger partial charge in [0.25, 0.3) is 0 Å². The first-order chi connectivity index (χ1) is 5.39. The third kappa shape index (κ3) is 4.20. The largest absolute Gasteiger partial charge is 0.324 e. The molecule has 0 bridgehead atoms. The van der Waals surface area contributed by atoms with Crippen molar-refractivity contribution in [2.75, 3.05) is 0 Å². The van der Waals surface area contributed by atoms with Gasteiger partial charge in [-0.15, -0.1) is 0 Å². The van der Waals surface area contributed by atoms with E-state index in [-0.39, 0.29) is 0 Å². The van der Waals surface area contributed by atoms with Crippen LogP contribution in [0.4, 0.5) is 0 Å². The van der Waals surface area contributed by atoms with Crippen LogP contribution in [0.25, 0.3) is 0 Å². The van der Waals surface area contributed by atoms with Crippen molar-refractivity contribution in [2.45, 2.75) is 51.0 Å². The summed E-state index contributed by atoms with van der Waals surface area (Å²) in [7, 11) is 0. The molecule has 0 aromatic heterocycles. The molecule has 1 aliphatic carbocycles. The van der Waals surface area contributed by atoms with Gasteiger partial charge in [-0.25, -0.2) is 0 Å². The van der Waals surface area contributed by atoms with Crippen LogP contribution in [0.1, 0.15) is 44.9 Å². The maximum absolute atomic E-state index is 5.84. The fourth-order valence-electron chi connectivity index (χ4n) is 1.54. The third-order valence-electron chi connectivity index (χ3n) is 2.29. The van der Waals surface area contributed by atoms with Crippen molar-refractivity contribution in [3.63, 3.8) is 0 Å². The molecule has 1 atom stereocenters. The predicted molar refractivity (Wildman–Crippen MR) is 49.4 cm³/mol. The van der Waals surface area contributed by atoms with Crippen LogP contribution in [-0.4, -0.2) is 6.04 Å². The molecule has 0 saturated carbocycles. The van der Waals surface area contributed by atoms with Gasteiger partial charge >= 0.3 is 0 Å². The summed E-state index contributed by atoms with van der Waals surface area (Å²) in [6, 6.07) is 0.327. The van der Waals surface area contributed by atoms with Gasteiger partial charge in [0.05, 0.1) is 0 Å². The van der Waals surface area contributed by atoms with E-state index in [4.69, 9.17) is 5.73 Å². The predicted octanol–water partition coefficient (Wildman–Crippen LogP) is 2.61. The van der Waals surface area contributed by atoms with E-state index in [1.807, 2.05) is 0 Å². The average Bonchev–Trinajstić information content (AvgIpc) is 2.03. The molecule has 64 valence electrons. The van der Waals surface area contributed by atoms with Crippen LogP contribution in [0.15, 0.2) is 12.2 Å². The Morgan fingerprint density at radius 1 is 1.00 bits per heavy atom. The van der Waals surface area contributed by atoms with Crippen molar-refractivity contribution in [1.29, 1.82) is 0 Å². The molecule has 0 aliphatic heterocycles. The maximum atomic E-state index is 5.84. The van der Waals surface area contributed by atoms with Crippen molar-refractivity contribution in [1.82, 2.24) is 0 Å². The quantitative estimate of drug-likeness (QED) is 0.532. The van der Waals surface area contributed by atoms with Crippen LogP contribution in [0.5, 0.6) is 0 Å². The van der Waals surface area contributed by atoms with E-state index in [1.165, 1.54) is 44.9 Å². The first-order valence-corrected chi connectivity index (χ1v) is 4.82. The number of hydrogen-bond donors (Lipinski definition) is 1. The van der Waals surface area contributed by atoms with Crippen molar-refractivity contribution >= 4 is 0 Å². The Morgan fingerprint density at radius 3 is 2.64 bits per heavy atom. The highest BCUT2D eigenvalue weighted by Gasteiger charge is 1.98. The first-order valence-electron chi connectivity index (χ1n) is 4.82. The van der Waals surface area contributed by atoms with Gasteiger partial charge in [0, 0.05) is 6.04 Å². The lowest BCUT2D eigenvalue weighted by Gasteiger charge is -2.08. The van der Waals surface area contributed by atoms with Crippen LogP contribution in [-0.2, 0) is 0 Å². The zero-order chi connectivity index (χ0) is 7.94. The topological polar surface area (TPSA) is 26.0 Å². The van der Waals surface area contributed by atoms with Crippen LogP contribution < -0.4 is 5.73 Å². The summed E-state index contributed by atoms with van der Waals surface area (Å²) >= 11 is 0. The van der Waals surface area contributed by atoms with E-state index >= 15 is 0 Å².